The minimum Gasteiger partial charge on any atom is -0.496 e. The Bertz CT molecular complexity index is 1030. The third-order valence-electron chi connectivity index (χ3n) is 4.90. The molecule has 0 bridgehead atoms. The Morgan fingerprint density at radius 2 is 2.03 bits per heavy atom. The molecule has 4 rings (SSSR count). The highest BCUT2D eigenvalue weighted by atomic mass is 19.2. The third kappa shape index (κ3) is 3.78. The van der Waals surface area contributed by atoms with Crippen LogP contribution in [0.15, 0.2) is 36.8 Å². The quantitative estimate of drug-likeness (QED) is 0.653. The summed E-state index contributed by atoms with van der Waals surface area (Å²) in [4.78, 5) is 16.0. The summed E-state index contributed by atoms with van der Waals surface area (Å²) in [5.41, 5.74) is 1.08. The maximum absolute atomic E-state index is 13.7. The average Bonchev–Trinajstić information content (AvgIpc) is 3.22. The first-order chi connectivity index (χ1) is 14.1. The van der Waals surface area contributed by atoms with Gasteiger partial charge >= 0.3 is 0 Å². The van der Waals surface area contributed by atoms with Crippen molar-refractivity contribution in [2.45, 2.75) is 19.3 Å². The number of hydrogen-bond acceptors (Lipinski definition) is 6. The molecule has 3 heterocycles. The van der Waals surface area contributed by atoms with Crippen LogP contribution in [-0.4, -0.2) is 44.8 Å². The highest BCUT2D eigenvalue weighted by molar-refractivity contribution is 5.94. The van der Waals surface area contributed by atoms with Crippen LogP contribution >= 0.6 is 0 Å². The molecule has 0 N–H and O–H groups in total. The predicted octanol–water partition coefficient (Wildman–Crippen LogP) is 2.33. The number of methoxy groups -OCH3 is 1. The molecule has 0 aliphatic carbocycles. The Hall–Kier alpha value is -3.43. The van der Waals surface area contributed by atoms with E-state index in [2.05, 4.69) is 20.4 Å². The lowest BCUT2D eigenvalue weighted by atomic mass is 9.90. The van der Waals surface area contributed by atoms with Crippen molar-refractivity contribution in [1.82, 2.24) is 25.2 Å². The summed E-state index contributed by atoms with van der Waals surface area (Å²) in [6.07, 6.45) is 6.19. The molecule has 1 amide bonds. The lowest BCUT2D eigenvalue weighted by molar-refractivity contribution is -0.123. The summed E-state index contributed by atoms with van der Waals surface area (Å²) in [6, 6.07) is 3.80. The highest BCUT2D eigenvalue weighted by Crippen LogP contribution is 2.30. The maximum Gasteiger partial charge on any atom is 0.231 e. The van der Waals surface area contributed by atoms with Crippen LogP contribution in [-0.2, 0) is 11.2 Å². The molecule has 29 heavy (non-hydrogen) atoms. The van der Waals surface area contributed by atoms with Crippen LogP contribution in [0, 0.1) is 17.6 Å². The van der Waals surface area contributed by atoms with Crippen molar-refractivity contribution in [3.63, 3.8) is 0 Å². The number of rotatable bonds is 5. The number of nitrogens with zero attached hydrogens (tertiary/aromatic N) is 6. The van der Waals surface area contributed by atoms with Crippen LogP contribution in [0.5, 0.6) is 5.75 Å². The van der Waals surface area contributed by atoms with E-state index < -0.39 is 17.6 Å². The summed E-state index contributed by atoms with van der Waals surface area (Å²) in [6.45, 7) is 0.511. The van der Waals surface area contributed by atoms with Gasteiger partial charge in [0.15, 0.2) is 17.5 Å². The van der Waals surface area contributed by atoms with E-state index in [0.717, 1.165) is 18.6 Å². The molecule has 1 aromatic carbocycles. The SMILES string of the molecule is COc1cc(F)c(F)cc1CC1CCCN(c2cnn(-c3ccnnc3)n2)C1=O. The van der Waals surface area contributed by atoms with Crippen LogP contribution in [0.4, 0.5) is 14.6 Å². The number of aromatic nitrogens is 5. The number of piperidine rings is 1. The van der Waals surface area contributed by atoms with Gasteiger partial charge in [-0.1, -0.05) is 0 Å². The number of ether oxygens (including phenoxy) is 1. The Morgan fingerprint density at radius 1 is 1.21 bits per heavy atom. The van der Waals surface area contributed by atoms with Crippen molar-refractivity contribution in [3.8, 4) is 11.4 Å². The first kappa shape index (κ1) is 18.9. The van der Waals surface area contributed by atoms with E-state index in [4.69, 9.17) is 4.74 Å². The fourth-order valence-electron chi connectivity index (χ4n) is 3.46. The molecule has 0 saturated carbocycles. The number of amides is 1. The van der Waals surface area contributed by atoms with Gasteiger partial charge in [0.1, 0.15) is 11.4 Å². The molecule has 0 radical (unpaired) electrons. The first-order valence-electron chi connectivity index (χ1n) is 9.09. The Kier molecular flexibility index (Phi) is 5.15. The molecular formula is C19H18F2N6O2. The van der Waals surface area contributed by atoms with Gasteiger partial charge in [-0.05, 0) is 37.0 Å². The van der Waals surface area contributed by atoms with Crippen molar-refractivity contribution in [1.29, 1.82) is 0 Å². The van der Waals surface area contributed by atoms with Crippen LogP contribution in [0.1, 0.15) is 18.4 Å². The van der Waals surface area contributed by atoms with Crippen molar-refractivity contribution in [2.75, 3.05) is 18.6 Å². The summed E-state index contributed by atoms with van der Waals surface area (Å²) in [5, 5.41) is 16.0. The van der Waals surface area contributed by atoms with Gasteiger partial charge < -0.3 is 4.74 Å². The molecule has 1 unspecified atom stereocenters. The normalized spacial score (nSPS) is 16.9. The van der Waals surface area contributed by atoms with Crippen LogP contribution < -0.4 is 9.64 Å². The highest BCUT2D eigenvalue weighted by Gasteiger charge is 2.32. The molecule has 0 spiro atoms. The molecule has 1 aliphatic rings. The Balaban J connectivity index is 1.55. The molecule has 1 atom stereocenters. The molecule has 2 aromatic heterocycles. The van der Waals surface area contributed by atoms with E-state index in [9.17, 15) is 13.6 Å². The van der Waals surface area contributed by atoms with E-state index in [1.807, 2.05) is 0 Å². The fraction of sp³-hybridized carbons (Fsp3) is 0.316. The third-order valence-corrected chi connectivity index (χ3v) is 4.90. The zero-order valence-corrected chi connectivity index (χ0v) is 15.6. The summed E-state index contributed by atoms with van der Waals surface area (Å²) in [5.74, 6) is -1.82. The molecule has 3 aromatic rings. The van der Waals surface area contributed by atoms with Gasteiger partial charge in [-0.25, -0.2) is 8.78 Å². The largest absolute Gasteiger partial charge is 0.496 e. The van der Waals surface area contributed by atoms with Crippen molar-refractivity contribution >= 4 is 11.7 Å². The smallest absolute Gasteiger partial charge is 0.231 e. The molecule has 10 heteroatoms. The summed E-state index contributed by atoms with van der Waals surface area (Å²) >= 11 is 0. The van der Waals surface area contributed by atoms with Crippen LogP contribution in [0.3, 0.4) is 0 Å². The van der Waals surface area contributed by atoms with E-state index >= 15 is 0 Å². The summed E-state index contributed by atoms with van der Waals surface area (Å²) in [7, 11) is 1.39. The zero-order valence-electron chi connectivity index (χ0n) is 15.6. The van der Waals surface area contributed by atoms with Gasteiger partial charge in [-0.2, -0.15) is 15.3 Å². The second kappa shape index (κ2) is 7.90. The molecule has 8 nitrogen and oxygen atoms in total. The van der Waals surface area contributed by atoms with Crippen LogP contribution in [0.25, 0.3) is 5.69 Å². The maximum atomic E-state index is 13.7. The van der Waals surface area contributed by atoms with E-state index in [0.29, 0.717) is 30.0 Å². The van der Waals surface area contributed by atoms with Gasteiger partial charge in [0.2, 0.25) is 5.91 Å². The van der Waals surface area contributed by atoms with E-state index in [1.54, 1.807) is 11.0 Å². The number of hydrogen-bond donors (Lipinski definition) is 0. The molecule has 1 saturated heterocycles. The Labute approximate surface area is 165 Å². The number of anilines is 1. The number of carbonyl (C=O) groups is 1. The number of benzene rings is 1. The number of carbonyl (C=O) groups excluding carboxylic acids is 1. The second-order valence-electron chi connectivity index (χ2n) is 6.70. The Morgan fingerprint density at radius 3 is 2.79 bits per heavy atom. The van der Waals surface area contributed by atoms with Gasteiger partial charge in [0, 0.05) is 18.5 Å². The fourth-order valence-corrected chi connectivity index (χ4v) is 3.46. The average molecular weight is 400 g/mol. The molecule has 1 fully saturated rings. The lowest BCUT2D eigenvalue weighted by Gasteiger charge is -2.30. The minimum absolute atomic E-state index is 0.136. The van der Waals surface area contributed by atoms with Gasteiger partial charge in [-0.15, -0.1) is 9.90 Å². The van der Waals surface area contributed by atoms with Gasteiger partial charge in [0.05, 0.1) is 25.7 Å². The lowest BCUT2D eigenvalue weighted by Crippen LogP contribution is -2.42. The van der Waals surface area contributed by atoms with Crippen LogP contribution in [0.2, 0.25) is 0 Å². The first-order valence-corrected chi connectivity index (χ1v) is 9.09. The molecule has 1 aliphatic heterocycles. The number of halogens is 2. The van der Waals surface area contributed by atoms with E-state index in [-0.39, 0.29) is 18.1 Å². The summed E-state index contributed by atoms with van der Waals surface area (Å²) < 4.78 is 32.3. The topological polar surface area (TPSA) is 86.0 Å². The second-order valence-corrected chi connectivity index (χ2v) is 6.70. The van der Waals surface area contributed by atoms with Crippen molar-refractivity contribution in [3.05, 3.63) is 54.0 Å². The van der Waals surface area contributed by atoms with Gasteiger partial charge in [-0.3, -0.25) is 9.69 Å². The monoisotopic (exact) mass is 400 g/mol. The molecule has 150 valence electrons. The standard InChI is InChI=1S/C19H18F2N6O2/c1-29-17-9-16(21)15(20)8-13(17)7-12-3-2-6-26(19(12)28)18-11-24-27(25-18)14-4-5-22-23-10-14/h4-5,8-12H,2-3,6-7H2,1H3. The molecular weight excluding hydrogens is 382 g/mol. The van der Waals surface area contributed by atoms with Gasteiger partial charge in [0.25, 0.3) is 0 Å². The van der Waals surface area contributed by atoms with E-state index in [1.165, 1.54) is 30.5 Å². The zero-order chi connectivity index (χ0) is 20.4. The predicted molar refractivity (Wildman–Crippen MR) is 98.6 cm³/mol. The van der Waals surface area contributed by atoms with Crippen molar-refractivity contribution < 1.29 is 18.3 Å². The van der Waals surface area contributed by atoms with Crippen molar-refractivity contribution in [2.24, 2.45) is 5.92 Å². The minimum atomic E-state index is -0.982.